The first-order valence-corrected chi connectivity index (χ1v) is 8.68. The maximum atomic E-state index is 12.4. The molecule has 3 heterocycles. The molecule has 23 heavy (non-hydrogen) atoms. The van der Waals surface area contributed by atoms with E-state index in [4.69, 9.17) is 9.47 Å². The van der Waals surface area contributed by atoms with Crippen molar-refractivity contribution in [1.82, 2.24) is 10.2 Å². The lowest BCUT2D eigenvalue weighted by molar-refractivity contribution is 0.173. The number of nitrogens with zero attached hydrogens (tertiary/aromatic N) is 1. The van der Waals surface area contributed by atoms with Crippen LogP contribution in [0.1, 0.15) is 36.5 Å². The van der Waals surface area contributed by atoms with Gasteiger partial charge in [-0.2, -0.15) is 0 Å². The van der Waals surface area contributed by atoms with Crippen LogP contribution in [-0.4, -0.2) is 37.2 Å². The molecule has 2 amide bonds. The number of fused-ring (bicyclic) bond motifs is 2. The van der Waals surface area contributed by atoms with Crippen molar-refractivity contribution in [2.24, 2.45) is 5.92 Å². The van der Waals surface area contributed by atoms with E-state index >= 15 is 0 Å². The van der Waals surface area contributed by atoms with E-state index in [0.29, 0.717) is 6.54 Å². The van der Waals surface area contributed by atoms with Crippen molar-refractivity contribution in [3.63, 3.8) is 0 Å². The third-order valence-corrected chi connectivity index (χ3v) is 5.25. The Hall–Kier alpha value is -1.91. The van der Waals surface area contributed by atoms with Crippen LogP contribution in [0.25, 0.3) is 0 Å². The summed E-state index contributed by atoms with van der Waals surface area (Å²) >= 11 is 0. The fourth-order valence-corrected chi connectivity index (χ4v) is 3.76. The van der Waals surface area contributed by atoms with Crippen molar-refractivity contribution < 1.29 is 14.3 Å². The zero-order valence-electron chi connectivity index (χ0n) is 13.7. The summed E-state index contributed by atoms with van der Waals surface area (Å²) in [5.74, 6) is 2.68. The average Bonchev–Trinajstić information content (AvgIpc) is 3.20. The second-order valence-corrected chi connectivity index (χ2v) is 6.85. The molecule has 0 unspecified atom stereocenters. The van der Waals surface area contributed by atoms with E-state index in [1.54, 1.807) is 0 Å². The minimum Gasteiger partial charge on any atom is -0.493 e. The molecule has 0 radical (unpaired) electrons. The lowest BCUT2D eigenvalue weighted by atomic mass is 9.99. The van der Waals surface area contributed by atoms with E-state index in [-0.39, 0.29) is 6.03 Å². The molecule has 0 spiro atoms. The van der Waals surface area contributed by atoms with Crippen LogP contribution < -0.4 is 14.8 Å². The van der Waals surface area contributed by atoms with Gasteiger partial charge < -0.3 is 19.7 Å². The molecular weight excluding hydrogens is 292 g/mol. The quantitative estimate of drug-likeness (QED) is 0.912. The van der Waals surface area contributed by atoms with Crippen LogP contribution in [0, 0.1) is 5.92 Å². The number of carbonyl (C=O) groups is 1. The number of carbonyl (C=O) groups excluding carboxylic acids is 1. The molecule has 5 nitrogen and oxygen atoms in total. The molecule has 3 aliphatic rings. The Morgan fingerprint density at radius 2 is 2.04 bits per heavy atom. The lowest BCUT2D eigenvalue weighted by Gasteiger charge is -2.30. The number of piperidine rings is 1. The number of ether oxygens (including phenoxy) is 2. The van der Waals surface area contributed by atoms with Gasteiger partial charge in [-0.1, -0.05) is 6.92 Å². The number of hydrogen-bond donors (Lipinski definition) is 1. The minimum atomic E-state index is 0.0418. The summed E-state index contributed by atoms with van der Waals surface area (Å²) in [4.78, 5) is 14.4. The van der Waals surface area contributed by atoms with Gasteiger partial charge >= 0.3 is 6.03 Å². The van der Waals surface area contributed by atoms with E-state index in [9.17, 15) is 4.79 Å². The second-order valence-electron chi connectivity index (χ2n) is 6.85. The number of likely N-dealkylation sites (tertiary alicyclic amines) is 1. The molecule has 124 valence electrons. The Labute approximate surface area is 136 Å². The van der Waals surface area contributed by atoms with Gasteiger partial charge in [-0.25, -0.2) is 4.79 Å². The minimum absolute atomic E-state index is 0.0418. The van der Waals surface area contributed by atoms with Crippen LogP contribution in [-0.2, 0) is 19.4 Å². The van der Waals surface area contributed by atoms with E-state index in [0.717, 1.165) is 75.0 Å². The van der Waals surface area contributed by atoms with E-state index in [2.05, 4.69) is 18.3 Å². The molecule has 1 aromatic carbocycles. The van der Waals surface area contributed by atoms with Crippen molar-refractivity contribution >= 4 is 6.03 Å². The smallest absolute Gasteiger partial charge is 0.317 e. The van der Waals surface area contributed by atoms with Crippen LogP contribution in [0.5, 0.6) is 11.5 Å². The van der Waals surface area contributed by atoms with Gasteiger partial charge in [0.15, 0.2) is 0 Å². The number of hydrogen-bond acceptors (Lipinski definition) is 3. The van der Waals surface area contributed by atoms with Crippen molar-refractivity contribution in [1.29, 1.82) is 0 Å². The summed E-state index contributed by atoms with van der Waals surface area (Å²) in [6.45, 7) is 5.95. The van der Waals surface area contributed by atoms with Gasteiger partial charge in [0, 0.05) is 49.2 Å². The molecule has 0 aliphatic carbocycles. The molecule has 0 aromatic heterocycles. The van der Waals surface area contributed by atoms with Crippen molar-refractivity contribution in [3.05, 3.63) is 22.8 Å². The first kappa shape index (κ1) is 14.7. The first-order valence-electron chi connectivity index (χ1n) is 8.68. The second kappa shape index (κ2) is 5.95. The van der Waals surface area contributed by atoms with Crippen LogP contribution in [0.4, 0.5) is 4.79 Å². The molecule has 0 bridgehead atoms. The Morgan fingerprint density at radius 3 is 2.87 bits per heavy atom. The molecule has 1 saturated heterocycles. The standard InChI is InChI=1S/C18H24N2O3/c1-12-2-6-20(7-3-12)18(21)19-11-15-14-5-9-22-16(14)10-13-4-8-23-17(13)15/h10,12H,2-9,11H2,1H3,(H,19,21). The van der Waals surface area contributed by atoms with Crippen molar-refractivity contribution in [2.75, 3.05) is 26.3 Å². The highest BCUT2D eigenvalue weighted by molar-refractivity contribution is 5.74. The summed E-state index contributed by atoms with van der Waals surface area (Å²) in [7, 11) is 0. The van der Waals surface area contributed by atoms with E-state index in [1.165, 1.54) is 11.1 Å². The largest absolute Gasteiger partial charge is 0.493 e. The van der Waals surface area contributed by atoms with Crippen LogP contribution in [0.3, 0.4) is 0 Å². The molecular formula is C18H24N2O3. The van der Waals surface area contributed by atoms with Gasteiger partial charge in [0.2, 0.25) is 0 Å². The maximum Gasteiger partial charge on any atom is 0.317 e. The number of amides is 2. The number of urea groups is 1. The Kier molecular flexibility index (Phi) is 3.79. The van der Waals surface area contributed by atoms with Crippen LogP contribution >= 0.6 is 0 Å². The normalized spacial score (nSPS) is 19.8. The lowest BCUT2D eigenvalue weighted by Crippen LogP contribution is -2.44. The monoisotopic (exact) mass is 316 g/mol. The molecule has 1 N–H and O–H groups in total. The number of rotatable bonds is 2. The third-order valence-electron chi connectivity index (χ3n) is 5.25. The molecule has 5 heteroatoms. The predicted molar refractivity (Wildman–Crippen MR) is 87.0 cm³/mol. The summed E-state index contributed by atoms with van der Waals surface area (Å²) in [5.41, 5.74) is 3.53. The molecule has 4 rings (SSSR count). The summed E-state index contributed by atoms with van der Waals surface area (Å²) in [6.07, 6.45) is 4.02. The summed E-state index contributed by atoms with van der Waals surface area (Å²) in [6, 6.07) is 2.15. The third kappa shape index (κ3) is 2.73. The Morgan fingerprint density at radius 1 is 1.26 bits per heavy atom. The fourth-order valence-electron chi connectivity index (χ4n) is 3.76. The summed E-state index contributed by atoms with van der Waals surface area (Å²) in [5, 5.41) is 3.09. The molecule has 0 saturated carbocycles. The number of nitrogens with one attached hydrogen (secondary N) is 1. The predicted octanol–water partition coefficient (Wildman–Crippen LogP) is 2.50. The highest BCUT2D eigenvalue weighted by atomic mass is 16.5. The van der Waals surface area contributed by atoms with Gasteiger partial charge in [0.1, 0.15) is 11.5 Å². The molecule has 1 aromatic rings. The van der Waals surface area contributed by atoms with Gasteiger partial charge in [-0.3, -0.25) is 0 Å². The highest BCUT2D eigenvalue weighted by Crippen LogP contribution is 2.40. The van der Waals surface area contributed by atoms with E-state index < -0.39 is 0 Å². The fraction of sp³-hybridized carbons (Fsp3) is 0.611. The van der Waals surface area contributed by atoms with Gasteiger partial charge in [-0.15, -0.1) is 0 Å². The number of benzene rings is 1. The topological polar surface area (TPSA) is 50.8 Å². The van der Waals surface area contributed by atoms with Gasteiger partial charge in [0.05, 0.1) is 13.2 Å². The van der Waals surface area contributed by atoms with Crippen molar-refractivity contribution in [3.8, 4) is 11.5 Å². The molecule has 1 fully saturated rings. The van der Waals surface area contributed by atoms with Crippen LogP contribution in [0.2, 0.25) is 0 Å². The molecule has 0 atom stereocenters. The Bertz CT molecular complexity index is 589. The highest BCUT2D eigenvalue weighted by Gasteiger charge is 2.27. The maximum absolute atomic E-state index is 12.4. The SMILES string of the molecule is CC1CCN(C(=O)NCc2c3c(cc4c2OCC4)OCC3)CC1. The average molecular weight is 316 g/mol. The summed E-state index contributed by atoms with van der Waals surface area (Å²) < 4.78 is 11.5. The zero-order valence-corrected chi connectivity index (χ0v) is 13.7. The first-order chi connectivity index (χ1) is 11.2. The molecule has 3 aliphatic heterocycles. The van der Waals surface area contributed by atoms with Gasteiger partial charge in [0.25, 0.3) is 0 Å². The van der Waals surface area contributed by atoms with Gasteiger partial charge in [-0.05, 0) is 24.8 Å². The van der Waals surface area contributed by atoms with E-state index in [1.807, 2.05) is 4.90 Å². The Balaban J connectivity index is 1.48. The zero-order chi connectivity index (χ0) is 15.8. The van der Waals surface area contributed by atoms with Crippen molar-refractivity contribution in [2.45, 2.75) is 39.2 Å². The van der Waals surface area contributed by atoms with Crippen LogP contribution in [0.15, 0.2) is 6.07 Å².